The van der Waals surface area contributed by atoms with Crippen LogP contribution < -0.4 is 10.5 Å². The Hall–Kier alpha value is -2.82. The van der Waals surface area contributed by atoms with Gasteiger partial charge in [-0.2, -0.15) is 0 Å². The quantitative estimate of drug-likeness (QED) is 0.374. The highest BCUT2D eigenvalue weighted by molar-refractivity contribution is 7.89. The van der Waals surface area contributed by atoms with Gasteiger partial charge in [0, 0.05) is 5.39 Å². The molecule has 0 saturated heterocycles. The van der Waals surface area contributed by atoms with E-state index in [0.29, 0.717) is 16.8 Å². The van der Waals surface area contributed by atoms with E-state index < -0.39 is 10.0 Å². The molecule has 0 unspecified atom stereocenters. The second-order valence-electron chi connectivity index (χ2n) is 6.45. The maximum absolute atomic E-state index is 11.7. The van der Waals surface area contributed by atoms with Crippen molar-refractivity contribution >= 4 is 49.6 Å². The number of nitrogens with two attached hydrogens (primary N) is 1. The molecule has 10 heteroatoms. The van der Waals surface area contributed by atoms with Crippen molar-refractivity contribution in [3.05, 3.63) is 48.0 Å². The zero-order valence-electron chi connectivity index (χ0n) is 15.2. The highest BCUT2D eigenvalue weighted by atomic mass is 32.2. The Bertz CT molecular complexity index is 1180. The van der Waals surface area contributed by atoms with E-state index in [4.69, 9.17) is 17.4 Å². The van der Waals surface area contributed by atoms with Crippen molar-refractivity contribution in [1.29, 1.82) is 0 Å². The van der Waals surface area contributed by atoms with Crippen molar-refractivity contribution in [2.24, 2.45) is 15.4 Å². The standard InChI is InChI=1S/C18H19N5O3S2/c1-10(2)11-7-8-13-12(9-11)16(17(24)20-13)22-23-18(27)21-14-5-3-4-6-15(14)28(19,25)26/h3-10,20,24H,1-2H3,(H,21,27)(H2,19,25,26). The normalized spacial score (nSPS) is 12.1. The lowest BCUT2D eigenvalue weighted by Gasteiger charge is -2.08. The highest BCUT2D eigenvalue weighted by Gasteiger charge is 2.15. The van der Waals surface area contributed by atoms with Gasteiger partial charge in [-0.25, -0.2) is 13.6 Å². The number of rotatable bonds is 4. The summed E-state index contributed by atoms with van der Waals surface area (Å²) in [5.41, 5.74) is 2.25. The van der Waals surface area contributed by atoms with Gasteiger partial charge < -0.3 is 15.4 Å². The zero-order valence-corrected chi connectivity index (χ0v) is 16.8. The Morgan fingerprint density at radius 2 is 1.96 bits per heavy atom. The second-order valence-corrected chi connectivity index (χ2v) is 8.37. The number of nitrogens with zero attached hydrogens (tertiary/aromatic N) is 2. The van der Waals surface area contributed by atoms with Crippen molar-refractivity contribution in [2.45, 2.75) is 24.7 Å². The number of aromatic hydroxyl groups is 1. The number of H-pyrrole nitrogens is 1. The molecule has 8 nitrogen and oxygen atoms in total. The summed E-state index contributed by atoms with van der Waals surface area (Å²) >= 11 is 5.13. The molecule has 0 saturated carbocycles. The summed E-state index contributed by atoms with van der Waals surface area (Å²) in [7, 11) is -3.93. The van der Waals surface area contributed by atoms with E-state index in [2.05, 4.69) is 34.4 Å². The molecule has 2 aromatic carbocycles. The lowest BCUT2D eigenvalue weighted by atomic mass is 10.0. The number of azo groups is 1. The van der Waals surface area contributed by atoms with E-state index >= 15 is 0 Å². The van der Waals surface area contributed by atoms with Crippen molar-refractivity contribution < 1.29 is 13.5 Å². The Balaban J connectivity index is 1.90. The first-order valence-corrected chi connectivity index (χ1v) is 10.3. The average molecular weight is 418 g/mol. The highest BCUT2D eigenvalue weighted by Crippen LogP contribution is 2.37. The maximum Gasteiger partial charge on any atom is 0.240 e. The van der Waals surface area contributed by atoms with E-state index in [1.807, 2.05) is 18.2 Å². The van der Waals surface area contributed by atoms with Crippen LogP contribution in [0.15, 0.2) is 57.6 Å². The number of para-hydroxylation sites is 1. The third-order valence-corrected chi connectivity index (χ3v) is 5.27. The Kier molecular flexibility index (Phi) is 5.45. The molecule has 0 fully saturated rings. The first-order chi connectivity index (χ1) is 13.2. The first-order valence-electron chi connectivity index (χ1n) is 8.36. The van der Waals surface area contributed by atoms with Crippen LogP contribution in [0.1, 0.15) is 25.3 Å². The molecule has 0 atom stereocenters. The van der Waals surface area contributed by atoms with Crippen LogP contribution in [0.4, 0.5) is 11.4 Å². The number of benzene rings is 2. The van der Waals surface area contributed by atoms with Gasteiger partial charge >= 0.3 is 0 Å². The minimum Gasteiger partial charge on any atom is -0.493 e. The second kappa shape index (κ2) is 7.66. The summed E-state index contributed by atoms with van der Waals surface area (Å²) in [6.45, 7) is 4.13. The molecular formula is C18H19N5O3S2. The van der Waals surface area contributed by atoms with Crippen LogP contribution in [0.5, 0.6) is 5.88 Å². The number of thiocarbonyl (C=S) groups is 1. The molecule has 0 aliphatic carbocycles. The van der Waals surface area contributed by atoms with Crippen molar-refractivity contribution in [2.75, 3.05) is 5.32 Å². The van der Waals surface area contributed by atoms with E-state index in [1.165, 1.54) is 12.1 Å². The van der Waals surface area contributed by atoms with Gasteiger partial charge in [-0.3, -0.25) is 0 Å². The number of primary sulfonamides is 1. The third kappa shape index (κ3) is 4.19. The monoisotopic (exact) mass is 417 g/mol. The van der Waals surface area contributed by atoms with Gasteiger partial charge in [-0.1, -0.05) is 32.0 Å². The van der Waals surface area contributed by atoms with Crippen molar-refractivity contribution in [1.82, 2.24) is 4.98 Å². The lowest BCUT2D eigenvalue weighted by molar-refractivity contribution is 0.459. The SMILES string of the molecule is CC(C)c1ccc2[nH]c(O)c(N=NC(=S)Nc3ccccc3S(N)(=O)=O)c2c1. The molecule has 0 spiro atoms. The number of aromatic nitrogens is 1. The molecule has 1 heterocycles. The maximum atomic E-state index is 11.7. The van der Waals surface area contributed by atoms with Gasteiger partial charge in [0.05, 0.1) is 11.2 Å². The fraction of sp³-hybridized carbons (Fsp3) is 0.167. The summed E-state index contributed by atoms with van der Waals surface area (Å²) in [6.07, 6.45) is 0. The molecule has 0 amide bonds. The summed E-state index contributed by atoms with van der Waals surface area (Å²) in [5, 5.41) is 26.6. The summed E-state index contributed by atoms with van der Waals surface area (Å²) in [6, 6.07) is 11.8. The molecule has 28 heavy (non-hydrogen) atoms. The number of sulfonamides is 1. The van der Waals surface area contributed by atoms with Gasteiger partial charge in [-0.05, 0) is 48.0 Å². The Morgan fingerprint density at radius 1 is 1.25 bits per heavy atom. The molecule has 0 bridgehead atoms. The molecular weight excluding hydrogens is 398 g/mol. The fourth-order valence-corrected chi connectivity index (χ4v) is 3.54. The van der Waals surface area contributed by atoms with Gasteiger partial charge in [-0.15, -0.1) is 10.2 Å². The minimum atomic E-state index is -3.93. The van der Waals surface area contributed by atoms with Gasteiger partial charge in [0.2, 0.25) is 21.0 Å². The average Bonchev–Trinajstić information content (AvgIpc) is 2.93. The predicted molar refractivity (Wildman–Crippen MR) is 113 cm³/mol. The van der Waals surface area contributed by atoms with Gasteiger partial charge in [0.15, 0.2) is 5.69 Å². The number of nitrogens with one attached hydrogen (secondary N) is 2. The molecule has 146 valence electrons. The van der Waals surface area contributed by atoms with Crippen LogP contribution in [-0.4, -0.2) is 23.6 Å². The fourth-order valence-electron chi connectivity index (χ4n) is 2.70. The molecule has 3 aromatic rings. The lowest BCUT2D eigenvalue weighted by Crippen LogP contribution is -2.16. The molecule has 0 radical (unpaired) electrons. The summed E-state index contributed by atoms with van der Waals surface area (Å²) in [5.74, 6) is 0.177. The third-order valence-electron chi connectivity index (χ3n) is 4.12. The summed E-state index contributed by atoms with van der Waals surface area (Å²) in [4.78, 5) is 2.73. The van der Waals surface area contributed by atoms with E-state index in [9.17, 15) is 13.5 Å². The van der Waals surface area contributed by atoms with Crippen LogP contribution in [0.3, 0.4) is 0 Å². The van der Waals surface area contributed by atoms with Crippen LogP contribution >= 0.6 is 12.2 Å². The molecule has 3 rings (SSSR count). The summed E-state index contributed by atoms with van der Waals surface area (Å²) < 4.78 is 23.3. The van der Waals surface area contributed by atoms with Crippen LogP contribution in [0.25, 0.3) is 10.9 Å². The number of anilines is 1. The first kappa shape index (κ1) is 19.9. The molecule has 1 aromatic heterocycles. The number of hydrogen-bond donors (Lipinski definition) is 4. The Labute approximate surface area is 167 Å². The van der Waals surface area contributed by atoms with Gasteiger partial charge in [0.1, 0.15) is 4.90 Å². The molecule has 0 aliphatic heterocycles. The largest absolute Gasteiger partial charge is 0.493 e. The topological polar surface area (TPSA) is 133 Å². The molecule has 5 N–H and O–H groups in total. The van der Waals surface area contributed by atoms with Crippen LogP contribution in [-0.2, 0) is 10.0 Å². The van der Waals surface area contributed by atoms with Crippen LogP contribution in [0, 0.1) is 0 Å². The predicted octanol–water partition coefficient (Wildman–Crippen LogP) is 4.13. The Morgan fingerprint density at radius 3 is 2.64 bits per heavy atom. The number of fused-ring (bicyclic) bond motifs is 1. The van der Waals surface area contributed by atoms with Crippen molar-refractivity contribution in [3.8, 4) is 5.88 Å². The van der Waals surface area contributed by atoms with E-state index in [1.54, 1.807) is 12.1 Å². The molecule has 0 aliphatic rings. The zero-order chi connectivity index (χ0) is 20.5. The van der Waals surface area contributed by atoms with Gasteiger partial charge in [0.25, 0.3) is 0 Å². The smallest absolute Gasteiger partial charge is 0.240 e. The van der Waals surface area contributed by atoms with Crippen molar-refractivity contribution in [3.63, 3.8) is 0 Å². The van der Waals surface area contributed by atoms with E-state index in [0.717, 1.165) is 5.56 Å². The van der Waals surface area contributed by atoms with E-state index in [-0.39, 0.29) is 27.3 Å². The van der Waals surface area contributed by atoms with Crippen LogP contribution in [0.2, 0.25) is 0 Å². The minimum absolute atomic E-state index is 0.0788. The number of aromatic amines is 1. The number of hydrogen-bond acceptors (Lipinski definition) is 5.